The highest BCUT2D eigenvalue weighted by molar-refractivity contribution is 7.97. The second-order valence-electron chi connectivity index (χ2n) is 14.6. The second kappa shape index (κ2) is 34.4. The van der Waals surface area contributed by atoms with E-state index < -0.39 is 40.2 Å². The van der Waals surface area contributed by atoms with Crippen molar-refractivity contribution in [3.63, 3.8) is 0 Å². The number of halogens is 4. The lowest BCUT2D eigenvalue weighted by Gasteiger charge is -2.32. The molecule has 0 aliphatic carbocycles. The normalized spacial score (nSPS) is 11.8. The average Bonchev–Trinajstić information content (AvgIpc) is 3.44. The number of carbonyl (C=O) groups is 4. The maximum absolute atomic E-state index is 14.7. The van der Waals surface area contributed by atoms with Crippen LogP contribution < -0.4 is 15.7 Å². The Balaban J connectivity index is 0.000000461. The Labute approximate surface area is 440 Å². The van der Waals surface area contributed by atoms with E-state index in [4.69, 9.17) is 31.5 Å². The van der Waals surface area contributed by atoms with Crippen LogP contribution >= 0.6 is 23.5 Å². The molecule has 1 fully saturated rings. The Kier molecular flexibility index (Phi) is 29.3. The zero-order chi connectivity index (χ0) is 55.2. The van der Waals surface area contributed by atoms with E-state index in [-0.39, 0.29) is 67.7 Å². The Morgan fingerprint density at radius 2 is 1.43 bits per heavy atom. The summed E-state index contributed by atoms with van der Waals surface area (Å²) in [7, 11) is 1.41. The summed E-state index contributed by atoms with van der Waals surface area (Å²) in [5, 5.41) is 18.2. The van der Waals surface area contributed by atoms with Crippen LogP contribution in [-0.2, 0) is 25.3 Å². The maximum Gasteiger partial charge on any atom is 0.319 e. The molecule has 0 bridgehead atoms. The molecule has 1 unspecified atom stereocenters. The SMILES string of the molecule is C#C.C#C.CC.CN(CCN(CC(=O)NO)S(=O)c1ccc(-c2cccc(F)c2)nc1)C(=O)N1CCOCC1.CN(CCN(CC(=O)NO)Sc1cc(F)c(Oc2ccc(Cl)cc2)c(F)c1)C(=O)c1cccnc1. The number of aromatic nitrogens is 2. The van der Waals surface area contributed by atoms with Gasteiger partial charge < -0.3 is 24.2 Å². The number of hydrogen-bond acceptors (Lipinski definition) is 13. The Bertz CT molecular complexity index is 2570. The van der Waals surface area contributed by atoms with Crippen LogP contribution in [0.2, 0.25) is 5.02 Å². The lowest BCUT2D eigenvalue weighted by Crippen LogP contribution is -2.49. The smallest absolute Gasteiger partial charge is 0.319 e. The van der Waals surface area contributed by atoms with Gasteiger partial charge in [0.15, 0.2) is 17.4 Å². The molecule has 0 radical (unpaired) electrons. The monoisotopic (exact) mass is 1080 g/mol. The molecule has 74 heavy (non-hydrogen) atoms. The van der Waals surface area contributed by atoms with E-state index in [0.717, 1.165) is 24.1 Å². The molecule has 5 amide bonds. The standard InChI is InChI=1S/C23H21ClF2N4O4S.C21H26FN5O5S.C2H6.2C2H2/c1-29(23(32)15-3-2-8-27-13-15)9-10-30(14-21(31)28-33)35-18-11-19(25)22(20(26)12-18)34-17-6-4-16(24)5-7-17;1-25(21(29)26-9-11-32-12-10-26)7-8-27(15-20(28)24-30)33(31)18-5-6-19(23-14-18)16-3-2-4-17(22)13-16;3*1-2/h2-8,11-13,33H,9-10,14H2,1H3,(H,28,31);2-6,13-14,30H,7-12,15H2,1H3,(H,24,28);1-2H3;2*1-2H. The first-order valence-electron chi connectivity index (χ1n) is 22.2. The van der Waals surface area contributed by atoms with Gasteiger partial charge in [-0.3, -0.25) is 34.8 Å². The highest BCUT2D eigenvalue weighted by Gasteiger charge is 2.25. The van der Waals surface area contributed by atoms with Gasteiger partial charge in [0.1, 0.15) is 22.6 Å². The molecule has 4 N–H and O–H groups in total. The molecule has 2 aromatic heterocycles. The number of urea groups is 1. The number of hydroxylamine groups is 2. The third-order valence-corrected chi connectivity index (χ3v) is 12.3. The van der Waals surface area contributed by atoms with Crippen molar-refractivity contribution in [3.8, 4) is 48.4 Å². The average molecular weight is 1080 g/mol. The number of nitrogens with one attached hydrogen (secondary N) is 2. The van der Waals surface area contributed by atoms with Crippen molar-refractivity contribution in [2.45, 2.75) is 23.6 Å². The highest BCUT2D eigenvalue weighted by atomic mass is 35.5. The molecule has 6 rings (SSSR count). The highest BCUT2D eigenvalue weighted by Crippen LogP contribution is 2.33. The van der Waals surface area contributed by atoms with Crippen molar-refractivity contribution in [1.82, 2.24) is 44.2 Å². The molecule has 24 heteroatoms. The lowest BCUT2D eigenvalue weighted by atomic mass is 10.1. The summed E-state index contributed by atoms with van der Waals surface area (Å²) in [6.07, 6.45) is 20.4. The van der Waals surface area contributed by atoms with E-state index in [1.807, 2.05) is 13.8 Å². The summed E-state index contributed by atoms with van der Waals surface area (Å²) in [6.45, 7) is 5.93. The number of hydrogen-bond donors (Lipinski definition) is 4. The minimum absolute atomic E-state index is 0.109. The van der Waals surface area contributed by atoms with E-state index in [2.05, 4.69) is 35.7 Å². The quantitative estimate of drug-likeness (QED) is 0.0301. The van der Waals surface area contributed by atoms with Crippen molar-refractivity contribution in [2.24, 2.45) is 0 Å². The van der Waals surface area contributed by atoms with Crippen molar-refractivity contribution in [1.29, 1.82) is 0 Å². The largest absolute Gasteiger partial charge is 0.451 e. The summed E-state index contributed by atoms with van der Waals surface area (Å²) < 4.78 is 69.3. The minimum Gasteiger partial charge on any atom is -0.451 e. The number of carbonyl (C=O) groups excluding carboxylic acids is 4. The van der Waals surface area contributed by atoms with Crippen LogP contribution in [0.1, 0.15) is 24.2 Å². The van der Waals surface area contributed by atoms with Crippen molar-refractivity contribution in [3.05, 3.63) is 132 Å². The number of amides is 5. The van der Waals surface area contributed by atoms with E-state index in [0.29, 0.717) is 53.0 Å². The Morgan fingerprint density at radius 3 is 2.00 bits per heavy atom. The summed E-state index contributed by atoms with van der Waals surface area (Å²) in [5.41, 5.74) is 4.52. The number of terminal acetylenes is 2. The van der Waals surface area contributed by atoms with E-state index >= 15 is 0 Å². The fraction of sp³-hybridized carbons (Fsp3) is 0.280. The third kappa shape index (κ3) is 20.8. The summed E-state index contributed by atoms with van der Waals surface area (Å²) in [6, 6.07) is 20.3. The lowest BCUT2D eigenvalue weighted by molar-refractivity contribution is -0.130. The number of nitrogens with zero attached hydrogens (tertiary/aromatic N) is 7. The zero-order valence-electron chi connectivity index (χ0n) is 40.9. The van der Waals surface area contributed by atoms with Crippen LogP contribution in [0.15, 0.2) is 113 Å². The Morgan fingerprint density at radius 1 is 0.811 bits per heavy atom. The molecule has 1 atom stereocenters. The summed E-state index contributed by atoms with van der Waals surface area (Å²) in [5.74, 6) is -4.42. The first-order valence-corrected chi connectivity index (χ1v) is 24.4. The molecule has 1 aliphatic rings. The van der Waals surface area contributed by atoms with Gasteiger partial charge in [0.25, 0.3) is 17.7 Å². The van der Waals surface area contributed by atoms with Gasteiger partial charge in [-0.1, -0.05) is 37.6 Å². The number of pyridine rings is 2. The van der Waals surface area contributed by atoms with Gasteiger partial charge in [-0.25, -0.2) is 41.7 Å². The first-order chi connectivity index (χ1) is 35.6. The van der Waals surface area contributed by atoms with Gasteiger partial charge in [-0.2, -0.15) is 0 Å². The van der Waals surface area contributed by atoms with Crippen LogP contribution in [0.3, 0.4) is 0 Å². The molecule has 3 heterocycles. The number of likely N-dealkylation sites (N-methyl/N-ethyl adjacent to an activating group) is 2. The van der Waals surface area contributed by atoms with Gasteiger partial charge in [0.2, 0.25) is 0 Å². The number of rotatable bonds is 18. The third-order valence-electron chi connectivity index (χ3n) is 9.66. The molecule has 3 aromatic carbocycles. The fourth-order valence-electron chi connectivity index (χ4n) is 6.10. The predicted octanol–water partition coefficient (Wildman–Crippen LogP) is 7.02. The molecular formula is C50H57ClF3N9O9S2. The number of ether oxygens (including phenoxy) is 2. The fourth-order valence-corrected chi connectivity index (χ4v) is 8.30. The predicted molar refractivity (Wildman–Crippen MR) is 276 cm³/mol. The van der Waals surface area contributed by atoms with Crippen LogP contribution in [-0.4, -0.2) is 151 Å². The minimum atomic E-state index is -1.79. The van der Waals surface area contributed by atoms with Gasteiger partial charge in [0, 0.05) is 87.4 Å². The van der Waals surface area contributed by atoms with Crippen molar-refractivity contribution >= 4 is 58.3 Å². The molecule has 18 nitrogen and oxygen atoms in total. The second-order valence-corrected chi connectivity index (χ2v) is 17.7. The zero-order valence-corrected chi connectivity index (χ0v) is 43.3. The molecular weight excluding hydrogens is 1030 g/mol. The van der Waals surface area contributed by atoms with Gasteiger partial charge >= 0.3 is 6.03 Å². The summed E-state index contributed by atoms with van der Waals surface area (Å²) in [4.78, 5) is 61.8. The van der Waals surface area contributed by atoms with Gasteiger partial charge in [-0.15, -0.1) is 25.7 Å². The summed E-state index contributed by atoms with van der Waals surface area (Å²) >= 11 is 6.69. The topological polar surface area (TPSA) is 210 Å². The van der Waals surface area contributed by atoms with Crippen LogP contribution in [0, 0.1) is 43.1 Å². The molecule has 396 valence electrons. The van der Waals surface area contributed by atoms with Gasteiger partial charge in [0.05, 0.1) is 42.5 Å². The van der Waals surface area contributed by atoms with Crippen LogP contribution in [0.5, 0.6) is 11.5 Å². The maximum atomic E-state index is 14.7. The molecule has 1 saturated heterocycles. The van der Waals surface area contributed by atoms with Gasteiger partial charge in [-0.05, 0) is 84.7 Å². The van der Waals surface area contributed by atoms with Crippen LogP contribution in [0.25, 0.3) is 11.3 Å². The molecule has 1 aliphatic heterocycles. The molecule has 0 spiro atoms. The number of benzene rings is 3. The Hall–Kier alpha value is -7.06. The van der Waals surface area contributed by atoms with E-state index in [1.54, 1.807) is 61.6 Å². The molecule has 5 aromatic rings. The first kappa shape index (κ1) is 63.1. The van der Waals surface area contributed by atoms with Crippen molar-refractivity contribution in [2.75, 3.05) is 79.7 Å². The van der Waals surface area contributed by atoms with E-state index in [1.165, 1.54) is 78.2 Å². The van der Waals surface area contributed by atoms with Crippen molar-refractivity contribution < 1.29 is 56.4 Å². The number of morpholine rings is 1. The molecule has 0 saturated carbocycles. The van der Waals surface area contributed by atoms with Crippen LogP contribution in [0.4, 0.5) is 18.0 Å². The van der Waals surface area contributed by atoms with E-state index in [9.17, 15) is 36.6 Å².